The Balaban J connectivity index is 1.79. The molecule has 0 aliphatic heterocycles. The first-order valence-corrected chi connectivity index (χ1v) is 9.02. The maximum Gasteiger partial charge on any atom is 0.338 e. The normalized spacial score (nSPS) is 11.1. The summed E-state index contributed by atoms with van der Waals surface area (Å²) in [5, 5.41) is 4.37. The molecule has 2 heterocycles. The highest BCUT2D eigenvalue weighted by Gasteiger charge is 2.13. The van der Waals surface area contributed by atoms with Gasteiger partial charge in [-0.2, -0.15) is 0 Å². The van der Waals surface area contributed by atoms with Crippen molar-refractivity contribution in [2.45, 2.75) is 27.7 Å². The van der Waals surface area contributed by atoms with E-state index in [1.54, 1.807) is 29.8 Å². The molecule has 0 atom stereocenters. The van der Waals surface area contributed by atoms with Crippen LogP contribution in [0.3, 0.4) is 0 Å². The zero-order chi connectivity index (χ0) is 18.0. The minimum atomic E-state index is -0.297. The fourth-order valence-electron chi connectivity index (χ4n) is 2.43. The lowest BCUT2D eigenvalue weighted by Crippen LogP contribution is -2.10. The van der Waals surface area contributed by atoms with Crippen LogP contribution in [-0.2, 0) is 4.74 Å². The largest absolute Gasteiger partial charge is 0.462 e. The second kappa shape index (κ2) is 7.19. The number of carbonyl (C=O) groups excluding carboxylic acids is 1. The number of aryl methyl sites for hydroxylation is 2. The molecule has 5 nitrogen and oxygen atoms in total. The number of hydrogen-bond acceptors (Lipinski definition) is 6. The molecule has 0 saturated heterocycles. The average Bonchev–Trinajstić information content (AvgIpc) is 2.89. The molecule has 3 rings (SSSR count). The first-order valence-electron chi connectivity index (χ1n) is 8.20. The predicted molar refractivity (Wildman–Crippen MR) is 102 cm³/mol. The fourth-order valence-corrected chi connectivity index (χ4v) is 3.43. The molecule has 0 spiro atoms. The highest BCUT2D eigenvalue weighted by atomic mass is 32.1. The molecule has 6 heteroatoms. The van der Waals surface area contributed by atoms with Gasteiger partial charge in [0.25, 0.3) is 0 Å². The minimum absolute atomic E-state index is 0.297. The van der Waals surface area contributed by atoms with Crippen molar-refractivity contribution in [3.63, 3.8) is 0 Å². The van der Waals surface area contributed by atoms with Crippen molar-refractivity contribution < 1.29 is 9.53 Å². The van der Waals surface area contributed by atoms with Gasteiger partial charge in [-0.3, -0.25) is 0 Å². The molecule has 0 bridgehead atoms. The molecule has 0 aliphatic carbocycles. The quantitative estimate of drug-likeness (QED) is 0.662. The molecule has 3 aromatic rings. The monoisotopic (exact) mass is 355 g/mol. The fraction of sp³-hybridized carbons (Fsp3) is 0.316. The summed E-state index contributed by atoms with van der Waals surface area (Å²) in [5.74, 6) is 0.804. The van der Waals surface area contributed by atoms with Crippen LogP contribution in [-0.4, -0.2) is 22.5 Å². The van der Waals surface area contributed by atoms with Crippen LogP contribution in [0.25, 0.3) is 10.2 Å². The van der Waals surface area contributed by atoms with Crippen molar-refractivity contribution in [1.29, 1.82) is 0 Å². The van der Waals surface area contributed by atoms with E-state index in [2.05, 4.69) is 29.1 Å². The third kappa shape index (κ3) is 3.79. The van der Waals surface area contributed by atoms with Gasteiger partial charge in [-0.05, 0) is 49.6 Å². The van der Waals surface area contributed by atoms with Crippen molar-refractivity contribution in [3.8, 4) is 0 Å². The summed E-state index contributed by atoms with van der Waals surface area (Å²) in [6.07, 6.45) is 1.57. The number of rotatable bonds is 5. The molecule has 130 valence electrons. The van der Waals surface area contributed by atoms with Gasteiger partial charge in [-0.1, -0.05) is 13.8 Å². The second-order valence-electron chi connectivity index (χ2n) is 6.38. The van der Waals surface area contributed by atoms with Crippen LogP contribution >= 0.6 is 11.3 Å². The number of anilines is 2. The number of ether oxygens (including phenoxy) is 1. The predicted octanol–water partition coefficient (Wildman–Crippen LogP) is 4.86. The highest BCUT2D eigenvalue weighted by molar-refractivity contribution is 7.18. The lowest BCUT2D eigenvalue weighted by Gasteiger charge is -2.09. The van der Waals surface area contributed by atoms with Crippen molar-refractivity contribution in [3.05, 3.63) is 46.6 Å². The van der Waals surface area contributed by atoms with Gasteiger partial charge >= 0.3 is 5.97 Å². The van der Waals surface area contributed by atoms with Crippen LogP contribution in [0.1, 0.15) is 34.6 Å². The SMILES string of the molecule is Cc1sc2ncnc(Nc3ccc(C(=O)OCC(C)C)cc3)c2c1C. The number of hydrogen-bond donors (Lipinski definition) is 1. The Bertz CT molecular complexity index is 901. The number of benzene rings is 1. The summed E-state index contributed by atoms with van der Waals surface area (Å²) in [4.78, 5) is 22.9. The van der Waals surface area contributed by atoms with E-state index in [0.29, 0.717) is 18.1 Å². The smallest absolute Gasteiger partial charge is 0.338 e. The topological polar surface area (TPSA) is 64.1 Å². The summed E-state index contributed by atoms with van der Waals surface area (Å²) >= 11 is 1.67. The van der Waals surface area contributed by atoms with Gasteiger partial charge < -0.3 is 10.1 Å². The molecule has 0 fully saturated rings. The third-order valence-electron chi connectivity index (χ3n) is 3.90. The number of aromatic nitrogens is 2. The molecule has 0 saturated carbocycles. The lowest BCUT2D eigenvalue weighted by atomic mass is 10.2. The number of nitrogens with one attached hydrogen (secondary N) is 1. The number of carbonyl (C=O) groups is 1. The molecule has 0 unspecified atom stereocenters. The Labute approximate surface area is 151 Å². The lowest BCUT2D eigenvalue weighted by molar-refractivity contribution is 0.0459. The molecule has 1 aromatic carbocycles. The number of nitrogens with zero attached hydrogens (tertiary/aromatic N) is 2. The van der Waals surface area contributed by atoms with Gasteiger partial charge in [0.05, 0.1) is 17.6 Å². The molecule has 1 N–H and O–H groups in total. The maximum atomic E-state index is 12.0. The van der Waals surface area contributed by atoms with Crippen LogP contribution in [0.5, 0.6) is 0 Å². The average molecular weight is 355 g/mol. The third-order valence-corrected chi connectivity index (χ3v) is 5.01. The molecular weight excluding hydrogens is 334 g/mol. The van der Waals surface area contributed by atoms with E-state index in [-0.39, 0.29) is 5.97 Å². The van der Waals surface area contributed by atoms with Crippen molar-refractivity contribution in [1.82, 2.24) is 9.97 Å². The molecule has 2 aromatic heterocycles. The zero-order valence-corrected chi connectivity index (χ0v) is 15.6. The Hall–Kier alpha value is -2.47. The summed E-state index contributed by atoms with van der Waals surface area (Å²) in [6, 6.07) is 7.23. The van der Waals surface area contributed by atoms with Crippen molar-refractivity contribution >= 4 is 39.0 Å². The van der Waals surface area contributed by atoms with E-state index in [0.717, 1.165) is 21.7 Å². The van der Waals surface area contributed by atoms with E-state index in [1.165, 1.54) is 10.4 Å². The Morgan fingerprint density at radius 3 is 2.60 bits per heavy atom. The Kier molecular flexibility index (Phi) is 4.99. The van der Waals surface area contributed by atoms with Crippen molar-refractivity contribution in [2.24, 2.45) is 5.92 Å². The summed E-state index contributed by atoms with van der Waals surface area (Å²) < 4.78 is 5.25. The van der Waals surface area contributed by atoms with Crippen LogP contribution in [0.4, 0.5) is 11.5 Å². The van der Waals surface area contributed by atoms with Gasteiger partial charge in [0.15, 0.2) is 0 Å². The van der Waals surface area contributed by atoms with E-state index in [1.807, 2.05) is 26.0 Å². The maximum absolute atomic E-state index is 12.0. The summed E-state index contributed by atoms with van der Waals surface area (Å²) in [6.45, 7) is 8.61. The first-order chi connectivity index (χ1) is 12.0. The van der Waals surface area contributed by atoms with Crippen LogP contribution in [0.15, 0.2) is 30.6 Å². The minimum Gasteiger partial charge on any atom is -0.462 e. The van der Waals surface area contributed by atoms with Gasteiger partial charge in [-0.15, -0.1) is 11.3 Å². The molecule has 25 heavy (non-hydrogen) atoms. The molecule has 0 aliphatic rings. The standard InChI is InChI=1S/C19H21N3O2S/c1-11(2)9-24-19(23)14-5-7-15(8-6-14)22-17-16-12(3)13(4)25-18(16)21-10-20-17/h5-8,10-11H,9H2,1-4H3,(H,20,21,22). The molecular formula is C19H21N3O2S. The van der Waals surface area contributed by atoms with E-state index in [9.17, 15) is 4.79 Å². The highest BCUT2D eigenvalue weighted by Crippen LogP contribution is 2.33. The van der Waals surface area contributed by atoms with Crippen molar-refractivity contribution in [2.75, 3.05) is 11.9 Å². The van der Waals surface area contributed by atoms with Gasteiger partial charge in [-0.25, -0.2) is 14.8 Å². The number of fused-ring (bicyclic) bond motifs is 1. The van der Waals surface area contributed by atoms with Crippen LogP contribution in [0.2, 0.25) is 0 Å². The van der Waals surface area contributed by atoms with E-state index < -0.39 is 0 Å². The number of thiophene rings is 1. The van der Waals surface area contributed by atoms with Gasteiger partial charge in [0, 0.05) is 10.6 Å². The van der Waals surface area contributed by atoms with E-state index in [4.69, 9.17) is 4.74 Å². The molecule has 0 amide bonds. The first kappa shape index (κ1) is 17.4. The number of esters is 1. The second-order valence-corrected chi connectivity index (χ2v) is 7.58. The Morgan fingerprint density at radius 1 is 1.20 bits per heavy atom. The van der Waals surface area contributed by atoms with Gasteiger partial charge in [0.1, 0.15) is 17.0 Å². The summed E-state index contributed by atoms with van der Waals surface area (Å²) in [5.41, 5.74) is 2.60. The van der Waals surface area contributed by atoms with E-state index >= 15 is 0 Å². The van der Waals surface area contributed by atoms with Gasteiger partial charge in [0.2, 0.25) is 0 Å². The summed E-state index contributed by atoms with van der Waals surface area (Å²) in [7, 11) is 0. The zero-order valence-electron chi connectivity index (χ0n) is 14.8. The Morgan fingerprint density at radius 2 is 1.92 bits per heavy atom. The van der Waals surface area contributed by atoms with Crippen LogP contribution < -0.4 is 5.32 Å². The molecule has 0 radical (unpaired) electrons. The van der Waals surface area contributed by atoms with Crippen LogP contribution in [0, 0.1) is 19.8 Å².